The average Bonchev–Trinajstić information content (AvgIpc) is 3.18. The maximum Gasteiger partial charge on any atom is 0.233 e. The molecule has 1 amide bonds. The van der Waals surface area contributed by atoms with Crippen LogP contribution in [0.1, 0.15) is 26.5 Å². The van der Waals surface area contributed by atoms with E-state index in [1.165, 1.54) is 0 Å². The van der Waals surface area contributed by atoms with Crippen molar-refractivity contribution >= 4 is 38.5 Å². The zero-order chi connectivity index (χ0) is 19.2. The monoisotopic (exact) mass is 386 g/mol. The number of nitrogens with zero attached hydrogens (tertiary/aromatic N) is 3. The van der Waals surface area contributed by atoms with Crippen molar-refractivity contribution in [2.45, 2.75) is 26.2 Å². The SMILES string of the molecule is COc1ccc2sc(N3CC(C(=O)Nc4cc(C(C)(C)C)no4)C3)nc2c1. The molecular formula is C19H22N4O3S. The number of benzene rings is 1. The second kappa shape index (κ2) is 6.53. The van der Waals surface area contributed by atoms with Gasteiger partial charge in [0.1, 0.15) is 5.75 Å². The third-order valence-corrected chi connectivity index (χ3v) is 5.73. The number of hydrogen-bond acceptors (Lipinski definition) is 7. The molecule has 1 aliphatic rings. The first kappa shape index (κ1) is 17.8. The lowest BCUT2D eigenvalue weighted by Crippen LogP contribution is -2.52. The highest BCUT2D eigenvalue weighted by atomic mass is 32.1. The van der Waals surface area contributed by atoms with Crippen LogP contribution in [0.3, 0.4) is 0 Å². The van der Waals surface area contributed by atoms with Crippen LogP contribution in [0.2, 0.25) is 0 Å². The Labute approximate surface area is 161 Å². The summed E-state index contributed by atoms with van der Waals surface area (Å²) in [5.74, 6) is 1.05. The van der Waals surface area contributed by atoms with E-state index in [1.54, 1.807) is 24.5 Å². The molecule has 0 radical (unpaired) electrons. The van der Waals surface area contributed by atoms with Crippen LogP contribution >= 0.6 is 11.3 Å². The van der Waals surface area contributed by atoms with Crippen LogP contribution in [0, 0.1) is 5.92 Å². The number of methoxy groups -OCH3 is 1. The molecule has 4 rings (SSSR count). The molecule has 0 bridgehead atoms. The number of thiazole rings is 1. The second-order valence-corrected chi connectivity index (χ2v) is 8.76. The summed E-state index contributed by atoms with van der Waals surface area (Å²) in [5, 5.41) is 7.78. The first-order chi connectivity index (χ1) is 12.8. The molecule has 7 nitrogen and oxygen atoms in total. The molecule has 1 aliphatic heterocycles. The molecule has 27 heavy (non-hydrogen) atoms. The lowest BCUT2D eigenvalue weighted by atomic mass is 9.92. The molecule has 3 aromatic rings. The van der Waals surface area contributed by atoms with Crippen molar-refractivity contribution in [1.82, 2.24) is 10.1 Å². The van der Waals surface area contributed by atoms with Crippen LogP contribution in [0.5, 0.6) is 5.75 Å². The molecule has 1 saturated heterocycles. The van der Waals surface area contributed by atoms with Crippen molar-refractivity contribution in [3.8, 4) is 5.75 Å². The van der Waals surface area contributed by atoms with E-state index in [-0.39, 0.29) is 17.2 Å². The van der Waals surface area contributed by atoms with E-state index in [9.17, 15) is 4.79 Å². The van der Waals surface area contributed by atoms with Gasteiger partial charge in [0, 0.05) is 30.6 Å². The summed E-state index contributed by atoms with van der Waals surface area (Å²) in [6.07, 6.45) is 0. The molecule has 8 heteroatoms. The number of amides is 1. The van der Waals surface area contributed by atoms with E-state index < -0.39 is 0 Å². The van der Waals surface area contributed by atoms with Crippen LogP contribution in [-0.4, -0.2) is 36.2 Å². The Morgan fingerprint density at radius 3 is 2.78 bits per heavy atom. The average molecular weight is 386 g/mol. The van der Waals surface area contributed by atoms with Crippen LogP contribution in [0.15, 0.2) is 28.8 Å². The van der Waals surface area contributed by atoms with Crippen LogP contribution in [-0.2, 0) is 10.2 Å². The van der Waals surface area contributed by atoms with E-state index >= 15 is 0 Å². The van der Waals surface area contributed by atoms with Gasteiger partial charge in [-0.05, 0) is 12.1 Å². The molecular weight excluding hydrogens is 364 g/mol. The van der Waals surface area contributed by atoms with Crippen LogP contribution in [0.25, 0.3) is 10.2 Å². The molecule has 0 spiro atoms. The fourth-order valence-corrected chi connectivity index (χ4v) is 3.83. The third kappa shape index (κ3) is 3.49. The summed E-state index contributed by atoms with van der Waals surface area (Å²) in [4.78, 5) is 19.2. The summed E-state index contributed by atoms with van der Waals surface area (Å²) >= 11 is 1.62. The fraction of sp³-hybridized carbons (Fsp3) is 0.421. The Balaban J connectivity index is 1.37. The van der Waals surface area contributed by atoms with Gasteiger partial charge in [-0.25, -0.2) is 4.98 Å². The Morgan fingerprint density at radius 1 is 1.33 bits per heavy atom. The van der Waals surface area contributed by atoms with Crippen molar-refractivity contribution in [2.75, 3.05) is 30.4 Å². The highest BCUT2D eigenvalue weighted by Crippen LogP contribution is 2.34. The molecule has 2 aromatic heterocycles. The first-order valence-corrected chi connectivity index (χ1v) is 9.63. The van der Waals surface area contributed by atoms with Crippen molar-refractivity contribution < 1.29 is 14.1 Å². The van der Waals surface area contributed by atoms with Crippen LogP contribution < -0.4 is 15.0 Å². The summed E-state index contributed by atoms with van der Waals surface area (Å²) in [7, 11) is 1.64. The third-order valence-electron chi connectivity index (χ3n) is 4.63. The topological polar surface area (TPSA) is 80.5 Å². The van der Waals surface area contributed by atoms with Gasteiger partial charge in [-0.1, -0.05) is 37.3 Å². The van der Waals surface area contributed by atoms with Gasteiger partial charge >= 0.3 is 0 Å². The minimum Gasteiger partial charge on any atom is -0.497 e. The number of nitrogens with one attached hydrogen (secondary N) is 1. The Kier molecular flexibility index (Phi) is 4.30. The molecule has 1 fully saturated rings. The standard InChI is InChI=1S/C19H22N4O3S/c1-19(2,3)15-8-16(26-22-15)21-17(24)11-9-23(10-11)18-20-13-7-12(25-4)5-6-14(13)27-18/h5-8,11H,9-10H2,1-4H3,(H,21,24). The zero-order valence-electron chi connectivity index (χ0n) is 15.8. The molecule has 0 unspecified atom stereocenters. The van der Waals surface area contributed by atoms with Gasteiger partial charge < -0.3 is 14.2 Å². The van der Waals surface area contributed by atoms with Gasteiger partial charge in [0.15, 0.2) is 5.13 Å². The normalized spacial score (nSPS) is 15.0. The number of anilines is 2. The fourth-order valence-electron chi connectivity index (χ4n) is 2.87. The molecule has 142 valence electrons. The van der Waals surface area contributed by atoms with Crippen LogP contribution in [0.4, 0.5) is 11.0 Å². The highest BCUT2D eigenvalue weighted by Gasteiger charge is 2.35. The summed E-state index contributed by atoms with van der Waals surface area (Å²) in [6, 6.07) is 7.65. The highest BCUT2D eigenvalue weighted by molar-refractivity contribution is 7.22. The van der Waals surface area contributed by atoms with E-state index in [0.717, 1.165) is 26.8 Å². The Morgan fingerprint density at radius 2 is 2.11 bits per heavy atom. The number of aromatic nitrogens is 2. The molecule has 1 aromatic carbocycles. The minimum absolute atomic E-state index is 0.0503. The number of fused-ring (bicyclic) bond motifs is 1. The number of carbonyl (C=O) groups excluding carboxylic acids is 1. The second-order valence-electron chi connectivity index (χ2n) is 7.75. The van der Waals surface area contributed by atoms with Crippen molar-refractivity contribution in [3.63, 3.8) is 0 Å². The quantitative estimate of drug-likeness (QED) is 0.737. The lowest BCUT2D eigenvalue weighted by Gasteiger charge is -2.37. The minimum atomic E-state index is -0.116. The number of ether oxygens (including phenoxy) is 1. The number of carbonyl (C=O) groups is 1. The molecule has 0 saturated carbocycles. The van der Waals surface area contributed by atoms with Gasteiger partial charge in [0.2, 0.25) is 11.8 Å². The van der Waals surface area contributed by atoms with Gasteiger partial charge in [0.05, 0.1) is 28.9 Å². The van der Waals surface area contributed by atoms with Crippen molar-refractivity contribution in [2.24, 2.45) is 5.92 Å². The summed E-state index contributed by atoms with van der Waals surface area (Å²) in [6.45, 7) is 7.43. The largest absolute Gasteiger partial charge is 0.497 e. The van der Waals surface area contributed by atoms with E-state index in [2.05, 4.69) is 20.4 Å². The maximum absolute atomic E-state index is 12.4. The molecule has 3 heterocycles. The van der Waals surface area contributed by atoms with Crippen molar-refractivity contribution in [1.29, 1.82) is 0 Å². The lowest BCUT2D eigenvalue weighted by molar-refractivity contribution is -0.120. The number of rotatable bonds is 4. The van der Waals surface area contributed by atoms with E-state index in [4.69, 9.17) is 9.26 Å². The Hall–Kier alpha value is -2.61. The zero-order valence-corrected chi connectivity index (χ0v) is 16.6. The summed E-state index contributed by atoms with van der Waals surface area (Å²) in [5.41, 5.74) is 1.62. The molecule has 1 N–H and O–H groups in total. The predicted molar refractivity (Wildman–Crippen MR) is 106 cm³/mol. The van der Waals surface area contributed by atoms with Gasteiger partial charge in [0.25, 0.3) is 0 Å². The molecule has 0 atom stereocenters. The smallest absolute Gasteiger partial charge is 0.233 e. The first-order valence-electron chi connectivity index (χ1n) is 8.81. The maximum atomic E-state index is 12.4. The Bertz CT molecular complexity index is 982. The predicted octanol–water partition coefficient (Wildman–Crippen LogP) is 3.67. The van der Waals surface area contributed by atoms with E-state index in [1.807, 2.05) is 39.0 Å². The number of hydrogen-bond donors (Lipinski definition) is 1. The van der Waals surface area contributed by atoms with Gasteiger partial charge in [-0.15, -0.1) is 0 Å². The van der Waals surface area contributed by atoms with E-state index in [0.29, 0.717) is 19.0 Å². The van der Waals surface area contributed by atoms with Crippen molar-refractivity contribution in [3.05, 3.63) is 30.0 Å². The van der Waals surface area contributed by atoms with Gasteiger partial charge in [-0.3, -0.25) is 10.1 Å². The summed E-state index contributed by atoms with van der Waals surface area (Å²) < 4.78 is 11.6. The van der Waals surface area contributed by atoms with Gasteiger partial charge in [-0.2, -0.15) is 0 Å². The molecule has 0 aliphatic carbocycles.